The fraction of sp³-hybridized carbons (Fsp3) is 0.438. The Hall–Kier alpha value is -1.28. The van der Waals surface area contributed by atoms with E-state index in [-0.39, 0.29) is 5.38 Å². The van der Waals surface area contributed by atoms with E-state index in [0.29, 0.717) is 5.92 Å². The van der Waals surface area contributed by atoms with Gasteiger partial charge in [0.2, 0.25) is 0 Å². The van der Waals surface area contributed by atoms with Crippen molar-refractivity contribution in [2.75, 3.05) is 0 Å². The molecule has 0 radical (unpaired) electrons. The maximum absolute atomic E-state index is 6.69. The first-order valence-electron chi connectivity index (χ1n) is 6.86. The lowest BCUT2D eigenvalue weighted by Crippen LogP contribution is -2.20. The van der Waals surface area contributed by atoms with Gasteiger partial charge in [0, 0.05) is 12.7 Å². The molecule has 3 heteroatoms. The normalized spacial score (nSPS) is 22.3. The topological polar surface area (TPSA) is 17.8 Å². The molecule has 19 heavy (non-hydrogen) atoms. The van der Waals surface area contributed by atoms with Crippen LogP contribution in [0, 0.1) is 12.8 Å². The average Bonchev–Trinajstić information content (AvgIpc) is 2.72. The molecule has 1 aromatic heterocycles. The quantitative estimate of drug-likeness (QED) is 0.762. The maximum atomic E-state index is 6.69. The van der Waals surface area contributed by atoms with Gasteiger partial charge in [0.05, 0.1) is 11.1 Å². The Balaban J connectivity index is 1.83. The van der Waals surface area contributed by atoms with Crippen LogP contribution in [-0.4, -0.2) is 9.78 Å². The molecule has 3 rings (SSSR count). The minimum Gasteiger partial charge on any atom is -0.272 e. The van der Waals surface area contributed by atoms with Crippen LogP contribution in [0.1, 0.15) is 34.3 Å². The van der Waals surface area contributed by atoms with Crippen molar-refractivity contribution in [3.05, 3.63) is 52.8 Å². The van der Waals surface area contributed by atoms with Gasteiger partial charge in [-0.1, -0.05) is 24.3 Å². The van der Waals surface area contributed by atoms with E-state index >= 15 is 0 Å². The number of hydrogen-bond donors (Lipinski definition) is 0. The molecule has 1 heterocycles. The highest BCUT2D eigenvalue weighted by Crippen LogP contribution is 2.40. The van der Waals surface area contributed by atoms with Gasteiger partial charge >= 0.3 is 0 Å². The molecule has 1 aromatic carbocycles. The molecular formula is C16H19ClN2. The van der Waals surface area contributed by atoms with Gasteiger partial charge < -0.3 is 0 Å². The zero-order valence-corrected chi connectivity index (χ0v) is 12.2. The number of fused-ring (bicyclic) bond motifs is 1. The average molecular weight is 275 g/mol. The van der Waals surface area contributed by atoms with Crippen molar-refractivity contribution in [3.63, 3.8) is 0 Å². The molecule has 0 amide bonds. The highest BCUT2D eigenvalue weighted by molar-refractivity contribution is 6.21. The van der Waals surface area contributed by atoms with Crippen LogP contribution in [0.3, 0.4) is 0 Å². The Kier molecular flexibility index (Phi) is 3.36. The summed E-state index contributed by atoms with van der Waals surface area (Å²) in [5.74, 6) is 0.506. The summed E-state index contributed by atoms with van der Waals surface area (Å²) in [6.07, 6.45) is 3.32. The van der Waals surface area contributed by atoms with E-state index in [4.69, 9.17) is 11.6 Å². The molecule has 100 valence electrons. The molecule has 0 saturated heterocycles. The Labute approximate surface area is 119 Å². The molecule has 2 aromatic rings. The van der Waals surface area contributed by atoms with Crippen molar-refractivity contribution in [1.29, 1.82) is 0 Å². The van der Waals surface area contributed by atoms with E-state index in [1.54, 1.807) is 0 Å². The number of rotatable bonds is 2. The molecule has 0 fully saturated rings. The summed E-state index contributed by atoms with van der Waals surface area (Å²) in [4.78, 5) is 0. The molecule has 0 spiro atoms. The lowest BCUT2D eigenvalue weighted by atomic mass is 9.81. The van der Waals surface area contributed by atoms with E-state index in [1.807, 2.05) is 18.7 Å². The van der Waals surface area contributed by atoms with Gasteiger partial charge in [-0.15, -0.1) is 11.6 Å². The lowest BCUT2D eigenvalue weighted by Gasteiger charge is -2.29. The van der Waals surface area contributed by atoms with Crippen molar-refractivity contribution in [2.24, 2.45) is 13.0 Å². The van der Waals surface area contributed by atoms with Gasteiger partial charge in [0.25, 0.3) is 0 Å². The number of hydrogen-bond acceptors (Lipinski definition) is 1. The molecule has 2 unspecified atom stereocenters. The summed E-state index contributed by atoms with van der Waals surface area (Å²) in [7, 11) is 2.02. The summed E-state index contributed by atoms with van der Waals surface area (Å²) in [5.41, 5.74) is 5.10. The standard InChI is InChI=1S/C16H19ClN2/c1-11-9-14(19(2)18-11)10-13-8-7-12-5-3-4-6-15(12)16(13)17/h3-6,9,13,16H,7-8,10H2,1-2H3. The predicted octanol–water partition coefficient (Wildman–Crippen LogP) is 3.81. The van der Waals surface area contributed by atoms with E-state index in [0.717, 1.165) is 25.0 Å². The molecule has 0 saturated carbocycles. The van der Waals surface area contributed by atoms with Crippen molar-refractivity contribution in [2.45, 2.75) is 31.6 Å². The van der Waals surface area contributed by atoms with Crippen molar-refractivity contribution in [3.8, 4) is 0 Å². The number of nitrogens with zero attached hydrogens (tertiary/aromatic N) is 2. The fourth-order valence-corrected chi connectivity index (χ4v) is 3.53. The Bertz CT molecular complexity index is 588. The highest BCUT2D eigenvalue weighted by atomic mass is 35.5. The summed E-state index contributed by atoms with van der Waals surface area (Å²) in [5, 5.41) is 4.54. The third-order valence-corrected chi connectivity index (χ3v) is 4.71. The fourth-order valence-electron chi connectivity index (χ4n) is 3.10. The minimum atomic E-state index is 0.125. The maximum Gasteiger partial charge on any atom is 0.0619 e. The van der Waals surface area contributed by atoms with Crippen molar-refractivity contribution >= 4 is 11.6 Å². The second kappa shape index (κ2) is 5.01. The van der Waals surface area contributed by atoms with Crippen LogP contribution in [0.15, 0.2) is 30.3 Å². The van der Waals surface area contributed by atoms with Crippen molar-refractivity contribution in [1.82, 2.24) is 9.78 Å². The number of halogens is 1. The van der Waals surface area contributed by atoms with Crippen molar-refractivity contribution < 1.29 is 0 Å². The molecule has 2 atom stereocenters. The lowest BCUT2D eigenvalue weighted by molar-refractivity contribution is 0.430. The Morgan fingerprint density at radius 2 is 2.16 bits per heavy atom. The summed E-state index contributed by atoms with van der Waals surface area (Å²) < 4.78 is 1.99. The first kappa shape index (κ1) is 12.7. The second-order valence-electron chi connectivity index (χ2n) is 5.50. The Morgan fingerprint density at radius 3 is 2.89 bits per heavy atom. The zero-order chi connectivity index (χ0) is 13.4. The molecule has 1 aliphatic rings. The minimum absolute atomic E-state index is 0.125. The number of aryl methyl sites for hydroxylation is 3. The smallest absolute Gasteiger partial charge is 0.0619 e. The van der Waals surface area contributed by atoms with E-state index in [1.165, 1.54) is 16.8 Å². The SMILES string of the molecule is Cc1cc(CC2CCc3ccccc3C2Cl)n(C)n1. The first-order chi connectivity index (χ1) is 9.15. The number of aromatic nitrogens is 2. The molecule has 0 aliphatic heterocycles. The molecule has 1 aliphatic carbocycles. The third kappa shape index (κ3) is 2.42. The van der Waals surface area contributed by atoms with Crippen LogP contribution in [0.5, 0.6) is 0 Å². The van der Waals surface area contributed by atoms with Gasteiger partial charge in [-0.2, -0.15) is 5.10 Å². The van der Waals surface area contributed by atoms with Gasteiger partial charge in [0.15, 0.2) is 0 Å². The summed E-state index contributed by atoms with van der Waals surface area (Å²) in [6, 6.07) is 10.7. The zero-order valence-electron chi connectivity index (χ0n) is 11.4. The van der Waals surface area contributed by atoms with E-state index in [2.05, 4.69) is 35.4 Å². The summed E-state index contributed by atoms with van der Waals surface area (Å²) >= 11 is 6.69. The third-order valence-electron chi connectivity index (χ3n) is 4.12. The highest BCUT2D eigenvalue weighted by Gasteiger charge is 2.28. The van der Waals surface area contributed by atoms with E-state index < -0.39 is 0 Å². The van der Waals surface area contributed by atoms with Crippen LogP contribution in [0.2, 0.25) is 0 Å². The van der Waals surface area contributed by atoms with Gasteiger partial charge in [-0.25, -0.2) is 0 Å². The van der Waals surface area contributed by atoms with Gasteiger partial charge in [-0.05, 0) is 49.3 Å². The molecule has 0 N–H and O–H groups in total. The van der Waals surface area contributed by atoms with Gasteiger partial charge in [-0.3, -0.25) is 4.68 Å². The monoisotopic (exact) mass is 274 g/mol. The molecular weight excluding hydrogens is 256 g/mol. The Morgan fingerprint density at radius 1 is 1.37 bits per heavy atom. The van der Waals surface area contributed by atoms with Crippen LogP contribution in [-0.2, 0) is 19.9 Å². The molecule has 0 bridgehead atoms. The van der Waals surface area contributed by atoms with Gasteiger partial charge in [0.1, 0.15) is 0 Å². The molecule has 2 nitrogen and oxygen atoms in total. The van der Waals surface area contributed by atoms with E-state index in [9.17, 15) is 0 Å². The van der Waals surface area contributed by atoms with Crippen LogP contribution < -0.4 is 0 Å². The van der Waals surface area contributed by atoms with Crippen LogP contribution in [0.25, 0.3) is 0 Å². The number of benzene rings is 1. The largest absolute Gasteiger partial charge is 0.272 e. The van der Waals surface area contributed by atoms with Crippen LogP contribution >= 0.6 is 11.6 Å². The second-order valence-corrected chi connectivity index (χ2v) is 5.97. The van der Waals surface area contributed by atoms with Crippen LogP contribution in [0.4, 0.5) is 0 Å². The predicted molar refractivity (Wildman–Crippen MR) is 78.5 cm³/mol. The summed E-state index contributed by atoms with van der Waals surface area (Å²) in [6.45, 7) is 2.04. The first-order valence-corrected chi connectivity index (χ1v) is 7.30. The number of alkyl halides is 1.